The van der Waals surface area contributed by atoms with Crippen LogP contribution in [-0.4, -0.2) is 37.0 Å². The first kappa shape index (κ1) is 11.8. The van der Waals surface area contributed by atoms with Crippen molar-refractivity contribution in [3.05, 3.63) is 0 Å². The van der Waals surface area contributed by atoms with E-state index in [0.717, 1.165) is 6.42 Å². The third kappa shape index (κ3) is 3.97. The van der Waals surface area contributed by atoms with Crippen LogP contribution in [0.3, 0.4) is 0 Å². The van der Waals surface area contributed by atoms with Crippen molar-refractivity contribution in [2.45, 2.75) is 38.8 Å². The minimum absolute atomic E-state index is 0.0176. The molecular formula is C8H18F2N2. The predicted octanol–water partition coefficient (Wildman–Crippen LogP) is 1.31. The highest BCUT2D eigenvalue weighted by Crippen LogP contribution is 2.05. The molecule has 2 atom stereocenters. The molecule has 0 aliphatic carbocycles. The molecule has 0 saturated heterocycles. The van der Waals surface area contributed by atoms with Crippen LogP contribution < -0.4 is 5.73 Å². The molecule has 0 heterocycles. The summed E-state index contributed by atoms with van der Waals surface area (Å²) in [6.07, 6.45) is -1.46. The summed E-state index contributed by atoms with van der Waals surface area (Å²) in [6.45, 7) is 3.63. The summed E-state index contributed by atoms with van der Waals surface area (Å²) in [4.78, 5) is 1.60. The maximum absolute atomic E-state index is 11.9. The quantitative estimate of drug-likeness (QED) is 0.691. The molecule has 4 heteroatoms. The van der Waals surface area contributed by atoms with Gasteiger partial charge in [0.25, 0.3) is 6.43 Å². The zero-order chi connectivity index (χ0) is 9.72. The Balaban J connectivity index is 3.83. The average Bonchev–Trinajstić information content (AvgIpc) is 2.00. The van der Waals surface area contributed by atoms with E-state index in [1.807, 2.05) is 13.8 Å². The van der Waals surface area contributed by atoms with E-state index >= 15 is 0 Å². The second kappa shape index (κ2) is 5.43. The summed E-state index contributed by atoms with van der Waals surface area (Å²) in [5, 5.41) is 0. The van der Waals surface area contributed by atoms with Crippen molar-refractivity contribution in [1.29, 1.82) is 0 Å². The summed E-state index contributed by atoms with van der Waals surface area (Å²) >= 11 is 0. The van der Waals surface area contributed by atoms with Crippen molar-refractivity contribution in [1.82, 2.24) is 4.90 Å². The Hall–Kier alpha value is -0.220. The van der Waals surface area contributed by atoms with E-state index < -0.39 is 6.43 Å². The monoisotopic (exact) mass is 180 g/mol. The molecule has 0 radical (unpaired) electrons. The first-order valence-electron chi connectivity index (χ1n) is 4.23. The van der Waals surface area contributed by atoms with Crippen molar-refractivity contribution < 1.29 is 8.78 Å². The highest BCUT2D eigenvalue weighted by Gasteiger charge is 2.18. The van der Waals surface area contributed by atoms with Gasteiger partial charge in [-0.1, -0.05) is 6.92 Å². The molecule has 0 bridgehead atoms. The average molecular weight is 180 g/mol. The molecule has 2 N–H and O–H groups in total. The Kier molecular flexibility index (Phi) is 5.33. The molecule has 0 aromatic heterocycles. The largest absolute Gasteiger partial charge is 0.326 e. The Bertz CT molecular complexity index is 120. The number of rotatable bonds is 5. The first-order valence-corrected chi connectivity index (χ1v) is 4.23. The van der Waals surface area contributed by atoms with Crippen molar-refractivity contribution >= 4 is 0 Å². The molecule has 2 unspecified atom stereocenters. The molecule has 0 fully saturated rings. The van der Waals surface area contributed by atoms with E-state index in [9.17, 15) is 8.78 Å². The zero-order valence-electron chi connectivity index (χ0n) is 7.93. The van der Waals surface area contributed by atoms with Gasteiger partial charge in [0.05, 0.1) is 6.54 Å². The van der Waals surface area contributed by atoms with Crippen molar-refractivity contribution in [3.63, 3.8) is 0 Å². The molecule has 2 nitrogen and oxygen atoms in total. The van der Waals surface area contributed by atoms with E-state index in [-0.39, 0.29) is 18.6 Å². The van der Waals surface area contributed by atoms with Gasteiger partial charge in [0, 0.05) is 12.1 Å². The van der Waals surface area contributed by atoms with Gasteiger partial charge >= 0.3 is 0 Å². The normalized spacial score (nSPS) is 17.0. The lowest BCUT2D eigenvalue weighted by Gasteiger charge is -2.28. The molecule has 0 aliphatic heterocycles. The summed E-state index contributed by atoms with van der Waals surface area (Å²) in [5.41, 5.74) is 5.71. The molecule has 12 heavy (non-hydrogen) atoms. The maximum atomic E-state index is 11.9. The lowest BCUT2D eigenvalue weighted by Crippen LogP contribution is -2.45. The van der Waals surface area contributed by atoms with Crippen molar-refractivity contribution in [2.75, 3.05) is 13.6 Å². The van der Waals surface area contributed by atoms with Crippen molar-refractivity contribution in [2.24, 2.45) is 5.73 Å². The number of nitrogens with zero attached hydrogens (tertiary/aromatic N) is 1. The summed E-state index contributed by atoms with van der Waals surface area (Å²) < 4.78 is 23.9. The first-order chi connectivity index (χ1) is 5.49. The minimum atomic E-state index is -2.28. The SMILES string of the molecule is CCC(N)C(C)N(C)CC(F)F. The third-order valence-electron chi connectivity index (χ3n) is 2.21. The Morgan fingerprint density at radius 1 is 1.42 bits per heavy atom. The molecule has 0 aromatic rings. The topological polar surface area (TPSA) is 29.3 Å². The van der Waals surface area contributed by atoms with Crippen molar-refractivity contribution in [3.8, 4) is 0 Å². The van der Waals surface area contributed by atoms with Crippen LogP contribution in [0, 0.1) is 0 Å². The summed E-state index contributed by atoms with van der Waals surface area (Å²) in [5.74, 6) is 0. The number of alkyl halides is 2. The lowest BCUT2D eigenvalue weighted by atomic mass is 10.1. The maximum Gasteiger partial charge on any atom is 0.251 e. The van der Waals surface area contributed by atoms with E-state index in [2.05, 4.69) is 0 Å². The van der Waals surface area contributed by atoms with Gasteiger partial charge in [-0.3, -0.25) is 4.90 Å². The van der Waals surface area contributed by atoms with Gasteiger partial charge < -0.3 is 5.73 Å². The van der Waals surface area contributed by atoms with Crippen LogP contribution in [0.25, 0.3) is 0 Å². The Morgan fingerprint density at radius 2 is 1.92 bits per heavy atom. The lowest BCUT2D eigenvalue weighted by molar-refractivity contribution is 0.0782. The van der Waals surface area contributed by atoms with Gasteiger partial charge in [0.15, 0.2) is 0 Å². The van der Waals surface area contributed by atoms with Crippen LogP contribution in [-0.2, 0) is 0 Å². The fourth-order valence-corrected chi connectivity index (χ4v) is 1.05. The Morgan fingerprint density at radius 3 is 2.25 bits per heavy atom. The number of nitrogens with two attached hydrogens (primary N) is 1. The van der Waals surface area contributed by atoms with Crippen LogP contribution >= 0.6 is 0 Å². The molecule has 0 rings (SSSR count). The molecule has 0 aromatic carbocycles. The van der Waals surface area contributed by atoms with Gasteiger partial charge in [0.2, 0.25) is 0 Å². The standard InChI is InChI=1S/C8H18F2N2/c1-4-7(11)6(2)12(3)5-8(9)10/h6-8H,4-5,11H2,1-3H3. The molecule has 74 valence electrons. The van der Waals surface area contributed by atoms with Gasteiger partial charge in [0.1, 0.15) is 0 Å². The molecule has 0 saturated carbocycles. The molecule has 0 spiro atoms. The van der Waals surface area contributed by atoms with Crippen LogP contribution in [0.4, 0.5) is 8.78 Å². The fourth-order valence-electron chi connectivity index (χ4n) is 1.05. The number of halogens is 2. The van der Waals surface area contributed by atoms with Gasteiger partial charge in [-0.05, 0) is 20.4 Å². The molecular weight excluding hydrogens is 162 g/mol. The van der Waals surface area contributed by atoms with E-state index in [0.29, 0.717) is 0 Å². The second-order valence-electron chi connectivity index (χ2n) is 3.14. The van der Waals surface area contributed by atoms with Crippen LogP contribution in [0.2, 0.25) is 0 Å². The molecule has 0 aliphatic rings. The van der Waals surface area contributed by atoms with Gasteiger partial charge in [-0.15, -0.1) is 0 Å². The highest BCUT2D eigenvalue weighted by molar-refractivity contribution is 4.75. The molecule has 0 amide bonds. The number of hydrogen-bond donors (Lipinski definition) is 1. The van der Waals surface area contributed by atoms with Gasteiger partial charge in [-0.2, -0.15) is 0 Å². The summed E-state index contributed by atoms with van der Waals surface area (Å²) in [7, 11) is 1.67. The fraction of sp³-hybridized carbons (Fsp3) is 1.00. The van der Waals surface area contributed by atoms with Crippen LogP contribution in [0.1, 0.15) is 20.3 Å². The zero-order valence-corrected chi connectivity index (χ0v) is 7.93. The second-order valence-corrected chi connectivity index (χ2v) is 3.14. The number of likely N-dealkylation sites (N-methyl/N-ethyl adjacent to an activating group) is 1. The smallest absolute Gasteiger partial charge is 0.251 e. The predicted molar refractivity (Wildman–Crippen MR) is 46.4 cm³/mol. The minimum Gasteiger partial charge on any atom is -0.326 e. The van der Waals surface area contributed by atoms with Gasteiger partial charge in [-0.25, -0.2) is 8.78 Å². The Labute approximate surface area is 72.7 Å². The van der Waals surface area contributed by atoms with Crippen LogP contribution in [0.5, 0.6) is 0 Å². The van der Waals surface area contributed by atoms with E-state index in [1.54, 1.807) is 11.9 Å². The highest BCUT2D eigenvalue weighted by atomic mass is 19.3. The summed E-state index contributed by atoms with van der Waals surface area (Å²) in [6, 6.07) is -0.00208. The van der Waals surface area contributed by atoms with E-state index in [4.69, 9.17) is 5.73 Å². The van der Waals surface area contributed by atoms with E-state index in [1.165, 1.54) is 0 Å². The third-order valence-corrected chi connectivity index (χ3v) is 2.21. The number of hydrogen-bond acceptors (Lipinski definition) is 2. The van der Waals surface area contributed by atoms with Crippen LogP contribution in [0.15, 0.2) is 0 Å².